The Morgan fingerprint density at radius 3 is 2.29 bits per heavy atom. The van der Waals surface area contributed by atoms with Crippen molar-refractivity contribution in [2.45, 2.75) is 53.0 Å². The molecule has 1 aromatic carbocycles. The third kappa shape index (κ3) is 3.75. The predicted molar refractivity (Wildman–Crippen MR) is 114 cm³/mol. The lowest BCUT2D eigenvalue weighted by atomic mass is 9.81. The van der Waals surface area contributed by atoms with Crippen molar-refractivity contribution in [3.63, 3.8) is 0 Å². The van der Waals surface area contributed by atoms with Crippen molar-refractivity contribution in [1.82, 2.24) is 4.90 Å². The summed E-state index contributed by atoms with van der Waals surface area (Å²) in [6, 6.07) is 4.70. The maximum atomic E-state index is 13.1. The van der Waals surface area contributed by atoms with Gasteiger partial charge in [0.1, 0.15) is 6.04 Å². The molecule has 166 valence electrons. The molecule has 3 aliphatic rings. The highest BCUT2D eigenvalue weighted by molar-refractivity contribution is 6.08. The van der Waals surface area contributed by atoms with E-state index in [9.17, 15) is 19.2 Å². The second kappa shape index (κ2) is 8.09. The number of nitrogens with one attached hydrogen (secondary N) is 1. The van der Waals surface area contributed by atoms with E-state index in [-0.39, 0.29) is 41.4 Å². The van der Waals surface area contributed by atoms with E-state index in [1.54, 1.807) is 13.8 Å². The quantitative estimate of drug-likeness (QED) is 0.558. The zero-order valence-electron chi connectivity index (χ0n) is 18.5. The van der Waals surface area contributed by atoms with Gasteiger partial charge in [0.2, 0.25) is 11.8 Å². The number of imide groups is 1. The Hall–Kier alpha value is -2.70. The molecule has 2 saturated carbocycles. The molecule has 31 heavy (non-hydrogen) atoms. The van der Waals surface area contributed by atoms with Gasteiger partial charge >= 0.3 is 5.97 Å². The summed E-state index contributed by atoms with van der Waals surface area (Å²) in [6.45, 7) is 6.90. The Morgan fingerprint density at radius 2 is 1.71 bits per heavy atom. The number of fused-ring (bicyclic) bond motifs is 5. The minimum atomic E-state index is -1.00. The first-order chi connectivity index (χ1) is 14.7. The highest BCUT2D eigenvalue weighted by atomic mass is 16.5. The van der Waals surface area contributed by atoms with Crippen molar-refractivity contribution in [2.75, 3.05) is 11.9 Å². The number of benzene rings is 1. The lowest BCUT2D eigenvalue weighted by Gasteiger charge is -2.28. The molecule has 1 saturated heterocycles. The molecular weight excluding hydrogens is 396 g/mol. The van der Waals surface area contributed by atoms with E-state index in [1.807, 2.05) is 32.0 Å². The lowest BCUT2D eigenvalue weighted by Crippen LogP contribution is -2.50. The van der Waals surface area contributed by atoms with E-state index in [0.717, 1.165) is 35.3 Å². The SMILES string of the molecule is Cc1ccc(C)c(NC(=O)COC(=O)[C@H](C(C)C)N2C(=O)[C@@H]3[C@@H]4CC[C@H](C4)[C@@H]3C2=O)c1. The van der Waals surface area contributed by atoms with Crippen molar-refractivity contribution in [1.29, 1.82) is 0 Å². The smallest absolute Gasteiger partial charge is 0.330 e. The van der Waals surface area contributed by atoms with Gasteiger partial charge in [-0.15, -0.1) is 0 Å². The predicted octanol–water partition coefficient (Wildman–Crippen LogP) is 2.84. The summed E-state index contributed by atoms with van der Waals surface area (Å²) in [4.78, 5) is 52.6. The first kappa shape index (κ1) is 21.5. The number of carbonyl (C=O) groups excluding carboxylic acids is 4. The lowest BCUT2D eigenvalue weighted by molar-refractivity contribution is -0.162. The third-order valence-corrected chi connectivity index (χ3v) is 7.13. The van der Waals surface area contributed by atoms with Gasteiger partial charge in [0, 0.05) is 5.69 Å². The standard InChI is InChI=1S/C24H30N2O5/c1-12(2)21(26-22(28)19-15-7-8-16(10-15)20(19)23(26)29)24(30)31-11-18(27)25-17-9-13(3)5-6-14(17)4/h5-6,9,12,15-16,19-21H,7-8,10-11H2,1-4H3,(H,25,27)/t15-,16-,19-,20+,21+/m1/s1. The summed E-state index contributed by atoms with van der Waals surface area (Å²) in [5.41, 5.74) is 2.57. The molecule has 0 spiro atoms. The van der Waals surface area contributed by atoms with Crippen LogP contribution in [0.1, 0.15) is 44.2 Å². The van der Waals surface area contributed by atoms with E-state index in [4.69, 9.17) is 4.74 Å². The Labute approximate surface area is 182 Å². The summed E-state index contributed by atoms with van der Waals surface area (Å²) in [5.74, 6) is -2.01. The average Bonchev–Trinajstić information content (AvgIpc) is 3.39. The minimum absolute atomic E-state index is 0.238. The first-order valence-electron chi connectivity index (χ1n) is 11.1. The number of carbonyl (C=O) groups is 4. The molecule has 3 fully saturated rings. The van der Waals surface area contributed by atoms with Gasteiger partial charge in [-0.25, -0.2) is 4.79 Å². The van der Waals surface area contributed by atoms with Crippen LogP contribution in [0, 0.1) is 43.4 Å². The fraction of sp³-hybridized carbons (Fsp3) is 0.583. The Morgan fingerprint density at radius 1 is 1.10 bits per heavy atom. The van der Waals surface area contributed by atoms with E-state index in [1.165, 1.54) is 0 Å². The Balaban J connectivity index is 1.42. The molecule has 3 amide bonds. The van der Waals surface area contributed by atoms with Crippen LogP contribution in [0.25, 0.3) is 0 Å². The number of esters is 1. The van der Waals surface area contributed by atoms with Gasteiger partial charge in [-0.05, 0) is 68.1 Å². The van der Waals surface area contributed by atoms with Crippen LogP contribution in [-0.2, 0) is 23.9 Å². The van der Waals surface area contributed by atoms with Gasteiger partial charge in [0.25, 0.3) is 5.91 Å². The summed E-state index contributed by atoms with van der Waals surface area (Å²) in [5, 5.41) is 2.75. The maximum absolute atomic E-state index is 13.1. The van der Waals surface area contributed by atoms with Crippen molar-refractivity contribution in [3.8, 4) is 0 Å². The third-order valence-electron chi connectivity index (χ3n) is 7.13. The number of likely N-dealkylation sites (tertiary alicyclic amines) is 1. The molecule has 2 bridgehead atoms. The zero-order chi connectivity index (χ0) is 22.4. The highest BCUT2D eigenvalue weighted by Crippen LogP contribution is 2.56. The zero-order valence-corrected chi connectivity index (χ0v) is 18.5. The molecule has 2 aliphatic carbocycles. The topological polar surface area (TPSA) is 92.8 Å². The van der Waals surface area contributed by atoms with Crippen LogP contribution in [0.15, 0.2) is 18.2 Å². The van der Waals surface area contributed by atoms with Crippen LogP contribution in [0.2, 0.25) is 0 Å². The largest absolute Gasteiger partial charge is 0.454 e. The second-order valence-corrected chi connectivity index (χ2v) is 9.59. The normalized spacial score (nSPS) is 27.6. The number of hydrogen-bond donors (Lipinski definition) is 1. The van der Waals surface area contributed by atoms with Gasteiger partial charge in [0.15, 0.2) is 6.61 Å². The van der Waals surface area contributed by atoms with Gasteiger partial charge in [0.05, 0.1) is 11.8 Å². The fourth-order valence-corrected chi connectivity index (χ4v) is 5.66. The number of ether oxygens (including phenoxy) is 1. The summed E-state index contributed by atoms with van der Waals surface area (Å²) in [7, 11) is 0. The molecular formula is C24H30N2O5. The van der Waals surface area contributed by atoms with Crippen molar-refractivity contribution in [3.05, 3.63) is 29.3 Å². The summed E-state index contributed by atoms with van der Waals surface area (Å²) >= 11 is 0. The van der Waals surface area contributed by atoms with Gasteiger partial charge < -0.3 is 10.1 Å². The number of nitrogens with zero attached hydrogens (tertiary/aromatic N) is 1. The molecule has 1 aromatic rings. The van der Waals surface area contributed by atoms with E-state index >= 15 is 0 Å². The number of hydrogen-bond acceptors (Lipinski definition) is 5. The molecule has 4 rings (SSSR count). The number of rotatable bonds is 6. The van der Waals surface area contributed by atoms with E-state index in [0.29, 0.717) is 5.69 Å². The first-order valence-corrected chi connectivity index (χ1v) is 11.1. The number of aryl methyl sites for hydroxylation is 2. The van der Waals surface area contributed by atoms with E-state index in [2.05, 4.69) is 5.32 Å². The molecule has 0 radical (unpaired) electrons. The number of amides is 3. The van der Waals surface area contributed by atoms with Crippen molar-refractivity contribution < 1.29 is 23.9 Å². The molecule has 0 unspecified atom stereocenters. The van der Waals surface area contributed by atoms with Crippen LogP contribution >= 0.6 is 0 Å². The van der Waals surface area contributed by atoms with Crippen LogP contribution in [-0.4, -0.2) is 41.2 Å². The number of anilines is 1. The van der Waals surface area contributed by atoms with Crippen LogP contribution in [0.3, 0.4) is 0 Å². The average molecular weight is 427 g/mol. The fourth-order valence-electron chi connectivity index (χ4n) is 5.66. The minimum Gasteiger partial charge on any atom is -0.454 e. The molecule has 1 N–H and O–H groups in total. The maximum Gasteiger partial charge on any atom is 0.330 e. The Kier molecular flexibility index (Phi) is 5.62. The molecule has 1 heterocycles. The van der Waals surface area contributed by atoms with Crippen LogP contribution < -0.4 is 5.32 Å². The van der Waals surface area contributed by atoms with Crippen molar-refractivity contribution in [2.24, 2.45) is 29.6 Å². The highest BCUT2D eigenvalue weighted by Gasteiger charge is 2.62. The van der Waals surface area contributed by atoms with E-state index < -0.39 is 24.5 Å². The second-order valence-electron chi connectivity index (χ2n) is 9.59. The van der Waals surface area contributed by atoms with Gasteiger partial charge in [-0.2, -0.15) is 0 Å². The molecule has 0 aromatic heterocycles. The molecule has 7 heteroatoms. The van der Waals surface area contributed by atoms with Gasteiger partial charge in [-0.3, -0.25) is 19.3 Å². The molecule has 5 atom stereocenters. The van der Waals surface area contributed by atoms with Crippen molar-refractivity contribution >= 4 is 29.4 Å². The molecule has 7 nitrogen and oxygen atoms in total. The summed E-state index contributed by atoms with van der Waals surface area (Å²) < 4.78 is 5.27. The summed E-state index contributed by atoms with van der Waals surface area (Å²) in [6.07, 6.45) is 2.90. The van der Waals surface area contributed by atoms with Crippen LogP contribution in [0.4, 0.5) is 5.69 Å². The Bertz CT molecular complexity index is 912. The monoisotopic (exact) mass is 426 g/mol. The van der Waals surface area contributed by atoms with Crippen LogP contribution in [0.5, 0.6) is 0 Å². The molecule has 1 aliphatic heterocycles. The van der Waals surface area contributed by atoms with Gasteiger partial charge in [-0.1, -0.05) is 26.0 Å².